The number of carbonyl (C=O) groups is 7. The number of hydrogen-bond donors (Lipinski definition) is 9. The van der Waals surface area contributed by atoms with Crippen molar-refractivity contribution in [1.29, 1.82) is 0 Å². The summed E-state index contributed by atoms with van der Waals surface area (Å²) in [5.41, 5.74) is 16.2. The first-order chi connectivity index (χ1) is 19.0. The van der Waals surface area contributed by atoms with Crippen molar-refractivity contribution in [1.82, 2.24) is 26.6 Å². The second-order valence-corrected chi connectivity index (χ2v) is 12.5. The number of carboxylic acids is 1. The van der Waals surface area contributed by atoms with Gasteiger partial charge in [0.2, 0.25) is 35.4 Å². The summed E-state index contributed by atoms with van der Waals surface area (Å²) in [6.07, 6.45) is -0.495. The van der Waals surface area contributed by atoms with E-state index in [-0.39, 0.29) is 31.1 Å². The molecular weight excluding hydrogens is 582 g/mol. The fraction of sp³-hybridized carbons (Fsp3) is 0.636. The Bertz CT molecular complexity index is 1050. The SMILES string of the molecule is CC(=O)N[C@@H]1CSSC(C)(C)[C@H](C(N)=O)NC(=O)[C@H](CC(=O)O)NC(=O)CNC(=O)[C@H](CCCN=C(N)N)NC1=O. The Hall–Kier alpha value is -3.74. The summed E-state index contributed by atoms with van der Waals surface area (Å²) in [6.45, 7) is 3.85. The van der Waals surface area contributed by atoms with Crippen molar-refractivity contribution >= 4 is 69.0 Å². The number of aliphatic imine (C=N–C) groups is 1. The third-order valence-corrected chi connectivity index (χ3v) is 8.80. The Morgan fingerprint density at radius 2 is 1.68 bits per heavy atom. The van der Waals surface area contributed by atoms with E-state index in [4.69, 9.17) is 17.2 Å². The van der Waals surface area contributed by atoms with Crippen LogP contribution < -0.4 is 43.8 Å². The molecule has 230 valence electrons. The molecule has 0 aliphatic carbocycles. The number of guanidine groups is 1. The molecule has 41 heavy (non-hydrogen) atoms. The Morgan fingerprint density at radius 3 is 2.24 bits per heavy atom. The van der Waals surface area contributed by atoms with Gasteiger partial charge in [-0.3, -0.25) is 38.6 Å². The van der Waals surface area contributed by atoms with Gasteiger partial charge in [-0.25, -0.2) is 0 Å². The fourth-order valence-corrected chi connectivity index (χ4v) is 6.35. The number of carboxylic acid groups (broad SMARTS) is 1. The van der Waals surface area contributed by atoms with E-state index in [2.05, 4.69) is 31.6 Å². The molecule has 0 spiro atoms. The standard InChI is InChI=1S/C22H37N9O8S2/c1-10(32)28-13-9-40-41-22(2,3)16(17(23)36)31-19(38)12(7-15(34)35)29-14(33)8-27-18(37)11(30-20(13)39)5-4-6-26-21(24)25/h11-13,16H,4-9H2,1-3H3,(H2,23,36)(H,27,37)(H,28,32)(H,29,33)(H,30,39)(H,31,38)(H,34,35)(H4,24,25,26)/t11-,12-,13+,16-/m0/s1. The zero-order chi connectivity index (χ0) is 31.3. The molecule has 1 fully saturated rings. The fourth-order valence-electron chi connectivity index (χ4n) is 3.53. The van der Waals surface area contributed by atoms with Gasteiger partial charge >= 0.3 is 5.97 Å². The monoisotopic (exact) mass is 619 g/mol. The number of rotatable bonds is 8. The zero-order valence-electron chi connectivity index (χ0n) is 22.9. The molecule has 0 bridgehead atoms. The largest absolute Gasteiger partial charge is 0.481 e. The van der Waals surface area contributed by atoms with E-state index in [0.717, 1.165) is 21.6 Å². The average Bonchev–Trinajstić information content (AvgIpc) is 2.84. The van der Waals surface area contributed by atoms with Gasteiger partial charge in [-0.1, -0.05) is 21.6 Å². The average molecular weight is 620 g/mol. The van der Waals surface area contributed by atoms with Crippen LogP contribution in [0.1, 0.15) is 40.0 Å². The van der Waals surface area contributed by atoms with Gasteiger partial charge < -0.3 is 48.9 Å². The minimum atomic E-state index is -1.60. The van der Waals surface area contributed by atoms with Crippen molar-refractivity contribution in [3.63, 3.8) is 0 Å². The molecule has 1 aliphatic rings. The predicted molar refractivity (Wildman–Crippen MR) is 152 cm³/mol. The molecule has 0 aromatic heterocycles. The molecule has 12 N–H and O–H groups in total. The molecule has 0 saturated carbocycles. The summed E-state index contributed by atoms with van der Waals surface area (Å²) in [5.74, 6) is -6.38. The topological polar surface area (TPSA) is 290 Å². The maximum absolute atomic E-state index is 13.1. The van der Waals surface area contributed by atoms with Crippen LogP contribution in [0.15, 0.2) is 4.99 Å². The summed E-state index contributed by atoms with van der Waals surface area (Å²) >= 11 is 0. The van der Waals surface area contributed by atoms with Crippen molar-refractivity contribution in [3.05, 3.63) is 0 Å². The van der Waals surface area contributed by atoms with Crippen LogP contribution in [0.2, 0.25) is 0 Å². The highest BCUT2D eigenvalue weighted by Gasteiger charge is 2.39. The van der Waals surface area contributed by atoms with Gasteiger partial charge in [0.25, 0.3) is 0 Å². The smallest absolute Gasteiger partial charge is 0.305 e. The predicted octanol–water partition coefficient (Wildman–Crippen LogP) is -3.75. The van der Waals surface area contributed by atoms with Gasteiger partial charge in [0.05, 0.1) is 13.0 Å². The minimum absolute atomic E-state index is 0.0110. The van der Waals surface area contributed by atoms with E-state index >= 15 is 0 Å². The second kappa shape index (κ2) is 16.5. The highest BCUT2D eigenvalue weighted by molar-refractivity contribution is 8.77. The van der Waals surface area contributed by atoms with Gasteiger partial charge in [-0.15, -0.1) is 0 Å². The lowest BCUT2D eigenvalue weighted by molar-refractivity contribution is -0.141. The summed E-state index contributed by atoms with van der Waals surface area (Å²) in [7, 11) is 2.16. The maximum atomic E-state index is 13.1. The van der Waals surface area contributed by atoms with E-state index in [0.29, 0.717) is 0 Å². The van der Waals surface area contributed by atoms with Crippen LogP contribution in [0.5, 0.6) is 0 Å². The number of carbonyl (C=O) groups excluding carboxylic acids is 6. The molecular formula is C22H37N9O8S2. The molecule has 0 aromatic carbocycles. The summed E-state index contributed by atoms with van der Waals surface area (Å²) in [6, 6.07) is -5.18. The Balaban J connectivity index is 3.37. The van der Waals surface area contributed by atoms with Crippen molar-refractivity contribution < 1.29 is 38.7 Å². The van der Waals surface area contributed by atoms with E-state index in [9.17, 15) is 38.7 Å². The molecule has 1 saturated heterocycles. The number of nitrogens with zero attached hydrogens (tertiary/aromatic N) is 1. The number of primary amides is 1. The van der Waals surface area contributed by atoms with Crippen molar-refractivity contribution in [2.45, 2.75) is 68.9 Å². The van der Waals surface area contributed by atoms with Crippen molar-refractivity contribution in [2.75, 3.05) is 18.8 Å². The first kappa shape index (κ1) is 35.3. The molecule has 6 amide bonds. The van der Waals surface area contributed by atoms with Crippen LogP contribution in [-0.2, 0) is 33.6 Å². The third kappa shape index (κ3) is 13.0. The first-order valence-corrected chi connectivity index (χ1v) is 14.7. The van der Waals surface area contributed by atoms with Crippen LogP contribution >= 0.6 is 21.6 Å². The van der Waals surface area contributed by atoms with E-state index in [1.165, 1.54) is 6.92 Å². The van der Waals surface area contributed by atoms with Crippen LogP contribution in [0.4, 0.5) is 0 Å². The highest BCUT2D eigenvalue weighted by atomic mass is 33.1. The molecule has 17 nitrogen and oxygen atoms in total. The van der Waals surface area contributed by atoms with Gasteiger partial charge in [-0.2, -0.15) is 0 Å². The summed E-state index contributed by atoms with van der Waals surface area (Å²) in [4.78, 5) is 90.8. The molecule has 1 heterocycles. The van der Waals surface area contributed by atoms with Crippen LogP contribution in [0.3, 0.4) is 0 Å². The second-order valence-electron chi connectivity index (χ2n) is 9.51. The first-order valence-electron chi connectivity index (χ1n) is 12.4. The van der Waals surface area contributed by atoms with Gasteiger partial charge in [-0.05, 0) is 26.7 Å². The maximum Gasteiger partial charge on any atom is 0.305 e. The Labute approximate surface area is 244 Å². The minimum Gasteiger partial charge on any atom is -0.481 e. The van der Waals surface area contributed by atoms with Gasteiger partial charge in [0.1, 0.15) is 24.2 Å². The zero-order valence-corrected chi connectivity index (χ0v) is 24.5. The quantitative estimate of drug-likeness (QED) is 0.0548. The lowest BCUT2D eigenvalue weighted by atomic mass is 10.0. The normalized spacial score (nSPS) is 24.4. The number of nitrogens with two attached hydrogens (primary N) is 3. The highest BCUT2D eigenvalue weighted by Crippen LogP contribution is 2.38. The molecule has 0 unspecified atom stereocenters. The summed E-state index contributed by atoms with van der Waals surface area (Å²) < 4.78 is -1.10. The lowest BCUT2D eigenvalue weighted by Crippen LogP contribution is -2.59. The van der Waals surface area contributed by atoms with Crippen molar-refractivity contribution in [2.24, 2.45) is 22.2 Å². The number of aliphatic carboxylic acids is 1. The Morgan fingerprint density at radius 1 is 1.02 bits per heavy atom. The molecule has 1 rings (SSSR count). The van der Waals surface area contributed by atoms with E-state index in [1.807, 2.05) is 0 Å². The Kier molecular flexibility index (Phi) is 14.2. The van der Waals surface area contributed by atoms with Gasteiger partial charge in [0, 0.05) is 24.0 Å². The number of hydrogen-bond acceptors (Lipinski definition) is 10. The number of amides is 6. The van der Waals surface area contributed by atoms with E-state index < -0.39 is 83.3 Å². The summed E-state index contributed by atoms with van der Waals surface area (Å²) in [5, 5.41) is 21.3. The van der Waals surface area contributed by atoms with Crippen molar-refractivity contribution in [3.8, 4) is 0 Å². The lowest BCUT2D eigenvalue weighted by Gasteiger charge is -2.33. The van der Waals surface area contributed by atoms with Crippen LogP contribution in [0.25, 0.3) is 0 Å². The third-order valence-electron chi connectivity index (χ3n) is 5.50. The molecule has 1 aliphatic heterocycles. The molecule has 0 radical (unpaired) electrons. The van der Waals surface area contributed by atoms with Crippen LogP contribution in [-0.4, -0.2) is 100 Å². The van der Waals surface area contributed by atoms with E-state index in [1.54, 1.807) is 13.8 Å². The van der Waals surface area contributed by atoms with Crippen LogP contribution in [0, 0.1) is 0 Å². The molecule has 4 atom stereocenters. The van der Waals surface area contributed by atoms with Gasteiger partial charge in [0.15, 0.2) is 5.96 Å². The molecule has 19 heteroatoms. The molecule has 0 aromatic rings. The number of nitrogens with one attached hydrogen (secondary N) is 5.